The molecule has 1 aliphatic heterocycles. The number of hydrogen-bond donors (Lipinski definition) is 2. The Labute approximate surface area is 104 Å². The molecule has 0 radical (unpaired) electrons. The average molecular weight is 262 g/mol. The maximum atomic E-state index is 11.7. The van der Waals surface area contributed by atoms with Crippen molar-refractivity contribution >= 4 is 10.0 Å². The molecule has 0 bridgehead atoms. The van der Waals surface area contributed by atoms with Crippen molar-refractivity contribution in [3.05, 3.63) is 12.7 Å². The van der Waals surface area contributed by atoms with E-state index in [0.29, 0.717) is 19.6 Å². The molecule has 2 N–H and O–H groups in total. The Morgan fingerprint density at radius 2 is 2.35 bits per heavy atom. The van der Waals surface area contributed by atoms with E-state index in [0.717, 1.165) is 19.4 Å². The maximum Gasteiger partial charge on any atom is 0.211 e. The van der Waals surface area contributed by atoms with Crippen LogP contribution in [0.2, 0.25) is 0 Å². The van der Waals surface area contributed by atoms with Gasteiger partial charge in [-0.2, -0.15) is 0 Å². The van der Waals surface area contributed by atoms with Gasteiger partial charge in [-0.15, -0.1) is 6.58 Å². The minimum absolute atomic E-state index is 0.0968. The lowest BCUT2D eigenvalue weighted by molar-refractivity contribution is 0.122. The van der Waals surface area contributed by atoms with E-state index in [-0.39, 0.29) is 11.3 Å². The molecule has 0 aromatic carbocycles. The molecule has 0 spiro atoms. The molecule has 1 fully saturated rings. The van der Waals surface area contributed by atoms with Crippen molar-refractivity contribution in [3.8, 4) is 0 Å². The van der Waals surface area contributed by atoms with Gasteiger partial charge in [-0.1, -0.05) is 6.08 Å². The standard InChI is InChI=1S/C11H22N2O3S/c1-3-4-8-17(14,15)13-9-11(10-16-2)6-5-7-12-11/h3,12-13H,1,4-10H2,2H3. The second-order valence-electron chi connectivity index (χ2n) is 4.46. The van der Waals surface area contributed by atoms with Gasteiger partial charge in [0.05, 0.1) is 17.9 Å². The first kappa shape index (κ1) is 14.6. The zero-order chi connectivity index (χ0) is 12.8. The van der Waals surface area contributed by atoms with Crippen LogP contribution in [0.1, 0.15) is 19.3 Å². The molecule has 1 unspecified atom stereocenters. The summed E-state index contributed by atoms with van der Waals surface area (Å²) >= 11 is 0. The van der Waals surface area contributed by atoms with Gasteiger partial charge in [-0.05, 0) is 25.8 Å². The fourth-order valence-corrected chi connectivity index (χ4v) is 3.15. The SMILES string of the molecule is C=CCCS(=O)(=O)NCC1(COC)CCCN1. The number of allylic oxidation sites excluding steroid dienone is 1. The van der Waals surface area contributed by atoms with Crippen molar-refractivity contribution in [1.29, 1.82) is 0 Å². The Morgan fingerprint density at radius 1 is 1.59 bits per heavy atom. The van der Waals surface area contributed by atoms with Crippen LogP contribution in [-0.4, -0.2) is 46.5 Å². The van der Waals surface area contributed by atoms with E-state index in [1.54, 1.807) is 13.2 Å². The summed E-state index contributed by atoms with van der Waals surface area (Å²) in [6, 6.07) is 0. The van der Waals surface area contributed by atoms with Gasteiger partial charge in [0.2, 0.25) is 10.0 Å². The van der Waals surface area contributed by atoms with Crippen LogP contribution in [0, 0.1) is 0 Å². The molecule has 1 aliphatic rings. The number of sulfonamides is 1. The second kappa shape index (κ2) is 6.49. The largest absolute Gasteiger partial charge is 0.383 e. The summed E-state index contributed by atoms with van der Waals surface area (Å²) < 4.78 is 31.1. The molecule has 5 nitrogen and oxygen atoms in total. The number of methoxy groups -OCH3 is 1. The van der Waals surface area contributed by atoms with Crippen molar-refractivity contribution in [2.45, 2.75) is 24.8 Å². The summed E-state index contributed by atoms with van der Waals surface area (Å²) in [5.74, 6) is 0.0968. The van der Waals surface area contributed by atoms with Gasteiger partial charge in [-0.3, -0.25) is 0 Å². The van der Waals surface area contributed by atoms with Crippen molar-refractivity contribution in [2.24, 2.45) is 0 Å². The molecule has 1 atom stereocenters. The highest BCUT2D eigenvalue weighted by molar-refractivity contribution is 7.89. The zero-order valence-corrected chi connectivity index (χ0v) is 11.2. The fraction of sp³-hybridized carbons (Fsp3) is 0.818. The van der Waals surface area contributed by atoms with Gasteiger partial charge in [0, 0.05) is 13.7 Å². The quantitative estimate of drug-likeness (QED) is 0.615. The summed E-state index contributed by atoms with van der Waals surface area (Å²) in [4.78, 5) is 0. The third kappa shape index (κ3) is 4.75. The lowest BCUT2D eigenvalue weighted by atomic mass is 9.99. The van der Waals surface area contributed by atoms with E-state index in [1.807, 2.05) is 0 Å². The van der Waals surface area contributed by atoms with Crippen LogP contribution >= 0.6 is 0 Å². The van der Waals surface area contributed by atoms with Crippen molar-refractivity contribution in [3.63, 3.8) is 0 Å². The van der Waals surface area contributed by atoms with Gasteiger partial charge in [0.1, 0.15) is 0 Å². The van der Waals surface area contributed by atoms with Crippen LogP contribution < -0.4 is 10.0 Å². The van der Waals surface area contributed by atoms with Gasteiger partial charge < -0.3 is 10.1 Å². The Morgan fingerprint density at radius 3 is 2.88 bits per heavy atom. The number of ether oxygens (including phenoxy) is 1. The molecule has 0 amide bonds. The van der Waals surface area contributed by atoms with Crippen molar-refractivity contribution in [2.75, 3.05) is 32.6 Å². The Balaban J connectivity index is 2.49. The van der Waals surface area contributed by atoms with Gasteiger partial charge in [-0.25, -0.2) is 13.1 Å². The summed E-state index contributed by atoms with van der Waals surface area (Å²) in [5, 5.41) is 3.33. The molecular formula is C11H22N2O3S. The van der Waals surface area contributed by atoms with E-state index < -0.39 is 10.0 Å². The molecule has 0 aromatic heterocycles. The summed E-state index contributed by atoms with van der Waals surface area (Å²) in [7, 11) is -1.57. The fourth-order valence-electron chi connectivity index (χ4n) is 2.03. The molecule has 0 aliphatic carbocycles. The minimum Gasteiger partial charge on any atom is -0.383 e. The van der Waals surface area contributed by atoms with E-state index in [9.17, 15) is 8.42 Å². The molecule has 100 valence electrons. The number of nitrogens with one attached hydrogen (secondary N) is 2. The zero-order valence-electron chi connectivity index (χ0n) is 10.4. The highest BCUT2D eigenvalue weighted by atomic mass is 32.2. The summed E-state index contributed by atoms with van der Waals surface area (Å²) in [5.41, 5.74) is -0.240. The smallest absolute Gasteiger partial charge is 0.211 e. The monoisotopic (exact) mass is 262 g/mol. The number of hydrogen-bond acceptors (Lipinski definition) is 4. The molecule has 1 saturated heterocycles. The molecular weight excluding hydrogens is 240 g/mol. The van der Waals surface area contributed by atoms with E-state index in [4.69, 9.17) is 4.74 Å². The minimum atomic E-state index is -3.20. The van der Waals surface area contributed by atoms with Gasteiger partial charge in [0.15, 0.2) is 0 Å². The van der Waals surface area contributed by atoms with Crippen LogP contribution in [0.4, 0.5) is 0 Å². The Kier molecular flexibility index (Phi) is 5.58. The van der Waals surface area contributed by atoms with Crippen LogP contribution in [-0.2, 0) is 14.8 Å². The highest BCUT2D eigenvalue weighted by Gasteiger charge is 2.34. The predicted molar refractivity (Wildman–Crippen MR) is 68.4 cm³/mol. The third-order valence-corrected chi connectivity index (χ3v) is 4.33. The summed E-state index contributed by atoms with van der Waals surface area (Å²) in [6.45, 7) is 5.35. The van der Waals surface area contributed by atoms with Crippen LogP contribution in [0.5, 0.6) is 0 Å². The first-order valence-corrected chi connectivity index (χ1v) is 7.51. The number of rotatable bonds is 8. The lowest BCUT2D eigenvalue weighted by Crippen LogP contribution is -2.53. The molecule has 17 heavy (non-hydrogen) atoms. The van der Waals surface area contributed by atoms with Gasteiger partial charge >= 0.3 is 0 Å². The topological polar surface area (TPSA) is 67.4 Å². The first-order chi connectivity index (χ1) is 8.04. The maximum absolute atomic E-state index is 11.7. The van der Waals surface area contributed by atoms with Crippen molar-refractivity contribution < 1.29 is 13.2 Å². The highest BCUT2D eigenvalue weighted by Crippen LogP contribution is 2.19. The third-order valence-electron chi connectivity index (χ3n) is 2.97. The van der Waals surface area contributed by atoms with E-state index in [2.05, 4.69) is 16.6 Å². The molecule has 6 heteroatoms. The van der Waals surface area contributed by atoms with E-state index in [1.165, 1.54) is 0 Å². The Hall–Kier alpha value is -0.430. The molecule has 0 saturated carbocycles. The normalized spacial score (nSPS) is 25.0. The average Bonchev–Trinajstić information content (AvgIpc) is 2.74. The summed E-state index contributed by atoms with van der Waals surface area (Å²) in [6.07, 6.45) is 4.07. The van der Waals surface area contributed by atoms with Crippen LogP contribution in [0.15, 0.2) is 12.7 Å². The second-order valence-corrected chi connectivity index (χ2v) is 6.39. The van der Waals surface area contributed by atoms with Gasteiger partial charge in [0.25, 0.3) is 0 Å². The van der Waals surface area contributed by atoms with Crippen LogP contribution in [0.25, 0.3) is 0 Å². The molecule has 1 rings (SSSR count). The van der Waals surface area contributed by atoms with Crippen molar-refractivity contribution in [1.82, 2.24) is 10.0 Å². The first-order valence-electron chi connectivity index (χ1n) is 5.86. The van der Waals surface area contributed by atoms with E-state index >= 15 is 0 Å². The molecule has 0 aromatic rings. The Bertz CT molecular complexity index is 335. The lowest BCUT2D eigenvalue weighted by Gasteiger charge is -2.28. The predicted octanol–water partition coefficient (Wildman–Crippen LogP) is 0.251. The molecule has 1 heterocycles. The van der Waals surface area contributed by atoms with Crippen LogP contribution in [0.3, 0.4) is 0 Å².